The fraction of sp³-hybridized carbons (Fsp3) is 0.429. The first-order valence-electron chi connectivity index (χ1n) is 6.26. The predicted octanol–water partition coefficient (Wildman–Crippen LogP) is 2.29. The molecule has 0 radical (unpaired) electrons. The third-order valence-electron chi connectivity index (χ3n) is 3.55. The van der Waals surface area contributed by atoms with Crippen molar-refractivity contribution in [3.63, 3.8) is 0 Å². The van der Waals surface area contributed by atoms with Crippen LogP contribution in [0.1, 0.15) is 24.4 Å². The van der Waals surface area contributed by atoms with Crippen molar-refractivity contribution in [1.29, 1.82) is 0 Å². The summed E-state index contributed by atoms with van der Waals surface area (Å²) in [6.07, 6.45) is 0.486. The van der Waals surface area contributed by atoms with E-state index in [0.717, 1.165) is 5.56 Å². The molecule has 0 bridgehead atoms. The molecule has 5 heteroatoms. The van der Waals surface area contributed by atoms with Crippen molar-refractivity contribution in [3.05, 3.63) is 35.9 Å². The fourth-order valence-corrected chi connectivity index (χ4v) is 2.52. The van der Waals surface area contributed by atoms with Crippen LogP contribution >= 0.6 is 0 Å². The number of ether oxygens (including phenoxy) is 1. The van der Waals surface area contributed by atoms with E-state index >= 15 is 0 Å². The Morgan fingerprint density at radius 3 is 2.58 bits per heavy atom. The molecule has 1 aliphatic rings. The van der Waals surface area contributed by atoms with Crippen LogP contribution in [0.25, 0.3) is 0 Å². The van der Waals surface area contributed by atoms with Gasteiger partial charge in [-0.3, -0.25) is 4.79 Å². The van der Waals surface area contributed by atoms with Gasteiger partial charge in [0.15, 0.2) is 0 Å². The molecule has 1 heterocycles. The summed E-state index contributed by atoms with van der Waals surface area (Å²) in [5.74, 6) is -1.21. The van der Waals surface area contributed by atoms with Crippen molar-refractivity contribution in [2.24, 2.45) is 5.92 Å². The number of benzene rings is 1. The lowest BCUT2D eigenvalue weighted by Gasteiger charge is -2.37. The van der Waals surface area contributed by atoms with Gasteiger partial charge in [0.25, 0.3) is 0 Å². The Morgan fingerprint density at radius 1 is 1.32 bits per heavy atom. The summed E-state index contributed by atoms with van der Waals surface area (Å²) in [5, 5.41) is 9.15. The second kappa shape index (κ2) is 5.73. The number of hydrogen-bond acceptors (Lipinski definition) is 3. The van der Waals surface area contributed by atoms with Crippen molar-refractivity contribution < 1.29 is 19.4 Å². The SMILES string of the molecule is COC(=O)N1CCC(C(=O)O)CC1c1ccccc1. The normalized spacial score (nSPS) is 22.9. The zero-order valence-corrected chi connectivity index (χ0v) is 10.8. The van der Waals surface area contributed by atoms with Gasteiger partial charge in [-0.25, -0.2) is 4.79 Å². The van der Waals surface area contributed by atoms with Crippen LogP contribution < -0.4 is 0 Å². The molecular weight excluding hydrogens is 246 g/mol. The van der Waals surface area contributed by atoms with E-state index in [4.69, 9.17) is 9.84 Å². The number of carboxylic acids is 1. The van der Waals surface area contributed by atoms with Gasteiger partial charge in [-0.15, -0.1) is 0 Å². The number of likely N-dealkylation sites (tertiary alicyclic amines) is 1. The van der Waals surface area contributed by atoms with Crippen LogP contribution in [0.2, 0.25) is 0 Å². The van der Waals surface area contributed by atoms with Crippen molar-refractivity contribution in [1.82, 2.24) is 4.90 Å². The number of carbonyl (C=O) groups is 2. The summed E-state index contributed by atoms with van der Waals surface area (Å²) in [6, 6.07) is 9.24. The number of aliphatic carboxylic acids is 1. The zero-order valence-electron chi connectivity index (χ0n) is 10.8. The summed E-state index contributed by atoms with van der Waals surface area (Å²) in [7, 11) is 1.34. The van der Waals surface area contributed by atoms with Gasteiger partial charge < -0.3 is 14.7 Å². The lowest BCUT2D eigenvalue weighted by atomic mass is 9.87. The van der Waals surface area contributed by atoms with E-state index in [0.29, 0.717) is 19.4 Å². The van der Waals surface area contributed by atoms with Gasteiger partial charge >= 0.3 is 12.1 Å². The highest BCUT2D eigenvalue weighted by Crippen LogP contribution is 2.34. The summed E-state index contributed by atoms with van der Waals surface area (Å²) < 4.78 is 4.78. The van der Waals surface area contributed by atoms with Crippen LogP contribution in [0.15, 0.2) is 30.3 Å². The Kier molecular flexibility index (Phi) is 4.04. The Hall–Kier alpha value is -2.04. The average molecular weight is 263 g/mol. The van der Waals surface area contributed by atoms with Crippen molar-refractivity contribution in [2.75, 3.05) is 13.7 Å². The molecule has 2 unspecified atom stereocenters. The second-order valence-electron chi connectivity index (χ2n) is 4.65. The van der Waals surface area contributed by atoms with Gasteiger partial charge in [-0.2, -0.15) is 0 Å². The van der Waals surface area contributed by atoms with E-state index in [1.165, 1.54) is 7.11 Å². The number of carbonyl (C=O) groups excluding carboxylic acids is 1. The highest BCUT2D eigenvalue weighted by atomic mass is 16.5. The third kappa shape index (κ3) is 2.86. The Balaban J connectivity index is 2.25. The van der Waals surface area contributed by atoms with Crippen LogP contribution in [-0.4, -0.2) is 35.7 Å². The van der Waals surface area contributed by atoms with E-state index < -0.39 is 18.0 Å². The minimum absolute atomic E-state index is 0.233. The largest absolute Gasteiger partial charge is 0.481 e. The number of piperidine rings is 1. The fourth-order valence-electron chi connectivity index (χ4n) is 2.52. The Morgan fingerprint density at radius 2 is 2.00 bits per heavy atom. The highest BCUT2D eigenvalue weighted by Gasteiger charge is 2.35. The molecule has 1 amide bonds. The third-order valence-corrected chi connectivity index (χ3v) is 3.55. The zero-order chi connectivity index (χ0) is 13.8. The first kappa shape index (κ1) is 13.4. The van der Waals surface area contributed by atoms with E-state index in [9.17, 15) is 9.59 Å². The molecule has 0 spiro atoms. The summed E-state index contributed by atoms with van der Waals surface area (Å²) >= 11 is 0. The molecule has 1 fully saturated rings. The van der Waals surface area contributed by atoms with Crippen LogP contribution in [0.3, 0.4) is 0 Å². The molecule has 1 aromatic rings. The van der Waals surface area contributed by atoms with E-state index in [1.807, 2.05) is 30.3 Å². The predicted molar refractivity (Wildman–Crippen MR) is 68.7 cm³/mol. The van der Waals surface area contributed by atoms with Crippen molar-refractivity contribution in [2.45, 2.75) is 18.9 Å². The minimum atomic E-state index is -0.801. The molecule has 1 aliphatic heterocycles. The monoisotopic (exact) mass is 263 g/mol. The molecule has 0 aliphatic carbocycles. The number of methoxy groups -OCH3 is 1. The van der Waals surface area contributed by atoms with Gasteiger partial charge in [0.2, 0.25) is 0 Å². The molecule has 2 rings (SSSR count). The molecule has 1 saturated heterocycles. The average Bonchev–Trinajstić information content (AvgIpc) is 2.46. The molecule has 5 nitrogen and oxygen atoms in total. The van der Waals surface area contributed by atoms with Gasteiger partial charge in [-0.05, 0) is 18.4 Å². The van der Waals surface area contributed by atoms with Crippen LogP contribution in [0.4, 0.5) is 4.79 Å². The molecular formula is C14H17NO4. The minimum Gasteiger partial charge on any atom is -0.481 e. The highest BCUT2D eigenvalue weighted by molar-refractivity contribution is 5.72. The van der Waals surface area contributed by atoms with Gasteiger partial charge in [0, 0.05) is 6.54 Å². The van der Waals surface area contributed by atoms with Gasteiger partial charge in [0.1, 0.15) is 0 Å². The molecule has 102 valence electrons. The Labute approximate surface area is 111 Å². The Bertz CT molecular complexity index is 460. The summed E-state index contributed by atoms with van der Waals surface area (Å²) in [5.41, 5.74) is 0.943. The van der Waals surface area contributed by atoms with Crippen molar-refractivity contribution >= 4 is 12.1 Å². The number of hydrogen-bond donors (Lipinski definition) is 1. The number of rotatable bonds is 2. The quantitative estimate of drug-likeness (QED) is 0.889. The van der Waals surface area contributed by atoms with Crippen molar-refractivity contribution in [3.8, 4) is 0 Å². The number of nitrogens with zero attached hydrogens (tertiary/aromatic N) is 1. The number of carboxylic acid groups (broad SMARTS) is 1. The maximum atomic E-state index is 11.8. The summed E-state index contributed by atoms with van der Waals surface area (Å²) in [4.78, 5) is 24.5. The smallest absolute Gasteiger partial charge is 0.409 e. The maximum absolute atomic E-state index is 11.8. The van der Waals surface area contributed by atoms with E-state index in [-0.39, 0.29) is 6.04 Å². The maximum Gasteiger partial charge on any atom is 0.409 e. The van der Waals surface area contributed by atoms with E-state index in [2.05, 4.69) is 0 Å². The van der Waals surface area contributed by atoms with E-state index in [1.54, 1.807) is 4.90 Å². The lowest BCUT2D eigenvalue weighted by molar-refractivity contribution is -0.144. The van der Waals surface area contributed by atoms with Crippen LogP contribution in [0.5, 0.6) is 0 Å². The van der Waals surface area contributed by atoms with Crippen LogP contribution in [0, 0.1) is 5.92 Å². The summed E-state index contributed by atoms with van der Waals surface area (Å²) in [6.45, 7) is 0.406. The second-order valence-corrected chi connectivity index (χ2v) is 4.65. The molecule has 0 aromatic heterocycles. The van der Waals surface area contributed by atoms with Gasteiger partial charge in [0.05, 0.1) is 19.1 Å². The molecule has 1 N–H and O–H groups in total. The first-order chi connectivity index (χ1) is 9.13. The first-order valence-corrected chi connectivity index (χ1v) is 6.26. The molecule has 2 atom stereocenters. The molecule has 19 heavy (non-hydrogen) atoms. The topological polar surface area (TPSA) is 66.8 Å². The molecule has 0 saturated carbocycles. The number of amides is 1. The standard InChI is InChI=1S/C14H17NO4/c1-19-14(18)15-8-7-11(13(16)17)9-12(15)10-5-3-2-4-6-10/h2-6,11-12H,7-9H2,1H3,(H,16,17). The van der Waals surface area contributed by atoms with Crippen LogP contribution in [-0.2, 0) is 9.53 Å². The molecule has 1 aromatic carbocycles. The van der Waals surface area contributed by atoms with Gasteiger partial charge in [-0.1, -0.05) is 30.3 Å². The lowest BCUT2D eigenvalue weighted by Crippen LogP contribution is -2.42.